The van der Waals surface area contributed by atoms with Crippen LogP contribution in [0, 0.1) is 11.8 Å². The van der Waals surface area contributed by atoms with Crippen molar-refractivity contribution in [3.05, 3.63) is 74.9 Å². The maximum atomic E-state index is 13.2. The average Bonchev–Trinajstić information content (AvgIpc) is 3.31. The maximum Gasteiger partial charge on any atom is 0.254 e. The predicted molar refractivity (Wildman–Crippen MR) is 147 cm³/mol. The van der Waals surface area contributed by atoms with Gasteiger partial charge in [-0.1, -0.05) is 41.1 Å². The quantitative estimate of drug-likeness (QED) is 0.409. The molecule has 1 saturated heterocycles. The number of carbonyl (C=O) groups excluding carboxylic acids is 1. The van der Waals surface area contributed by atoms with Crippen molar-refractivity contribution in [3.8, 4) is 23.1 Å². The molecule has 0 saturated carbocycles. The highest BCUT2D eigenvalue weighted by Crippen LogP contribution is 2.32. The number of nitrogens with zero attached hydrogens (tertiary/aromatic N) is 4. The number of alkyl halides is 1. The normalized spacial score (nSPS) is 15.6. The fourth-order valence-electron chi connectivity index (χ4n) is 4.92. The first-order valence-electron chi connectivity index (χ1n) is 12.8. The molecule has 1 fully saturated rings. The van der Waals surface area contributed by atoms with Crippen LogP contribution in [0.25, 0.3) is 11.3 Å². The zero-order valence-electron chi connectivity index (χ0n) is 21.1. The number of carbonyl (C=O) groups is 1. The molecule has 0 aliphatic carbocycles. The topological polar surface area (TPSA) is 50.6 Å². The smallest absolute Gasteiger partial charge is 0.254 e. The van der Waals surface area contributed by atoms with Gasteiger partial charge >= 0.3 is 0 Å². The summed E-state index contributed by atoms with van der Waals surface area (Å²) in [5.41, 5.74) is 5.24. The summed E-state index contributed by atoms with van der Waals surface area (Å²) in [6.07, 6.45) is 1.60. The van der Waals surface area contributed by atoms with Crippen LogP contribution in [0.15, 0.2) is 42.5 Å². The molecule has 2 aliphatic rings. The van der Waals surface area contributed by atoms with Crippen LogP contribution in [0.5, 0.6) is 0 Å². The number of benzene rings is 2. The van der Waals surface area contributed by atoms with Gasteiger partial charge in [0.1, 0.15) is 0 Å². The number of rotatable bonds is 6. The van der Waals surface area contributed by atoms with Crippen LogP contribution in [0.1, 0.15) is 28.8 Å². The van der Waals surface area contributed by atoms with E-state index in [2.05, 4.69) is 21.4 Å². The Hall–Kier alpha value is -2.89. The molecule has 0 unspecified atom stereocenters. The highest BCUT2D eigenvalue weighted by molar-refractivity contribution is 6.32. The Balaban J connectivity index is 1.44. The van der Waals surface area contributed by atoms with Gasteiger partial charge in [0.2, 0.25) is 0 Å². The maximum absolute atomic E-state index is 13.2. The summed E-state index contributed by atoms with van der Waals surface area (Å²) in [6, 6.07) is 13.0. The summed E-state index contributed by atoms with van der Waals surface area (Å²) >= 11 is 12.5. The van der Waals surface area contributed by atoms with Crippen molar-refractivity contribution in [1.29, 1.82) is 0 Å². The van der Waals surface area contributed by atoms with E-state index in [9.17, 15) is 9.18 Å². The molecule has 0 spiro atoms. The van der Waals surface area contributed by atoms with Crippen molar-refractivity contribution in [3.63, 3.8) is 0 Å². The van der Waals surface area contributed by atoms with E-state index >= 15 is 0 Å². The Kier molecular flexibility index (Phi) is 8.65. The first kappa shape index (κ1) is 26.7. The molecule has 6 nitrogen and oxygen atoms in total. The lowest BCUT2D eigenvalue weighted by molar-refractivity contribution is -0.133. The van der Waals surface area contributed by atoms with Gasteiger partial charge in [0.05, 0.1) is 23.9 Å². The summed E-state index contributed by atoms with van der Waals surface area (Å²) in [6.45, 7) is 5.04. The number of ether oxygens (including phenoxy) is 1. The lowest BCUT2D eigenvalue weighted by Gasteiger charge is -2.28. The van der Waals surface area contributed by atoms with E-state index in [1.807, 2.05) is 30.3 Å². The summed E-state index contributed by atoms with van der Waals surface area (Å²) in [5, 5.41) is 6.20. The molecule has 3 heterocycles. The van der Waals surface area contributed by atoms with E-state index in [1.54, 1.807) is 17.0 Å². The molecular formula is C29H29Cl2FN4O2. The minimum absolute atomic E-state index is 0.339. The number of halogens is 3. The second kappa shape index (κ2) is 12.3. The fourth-order valence-corrected chi connectivity index (χ4v) is 5.21. The number of fused-ring (bicyclic) bond motifs is 1. The predicted octanol–water partition coefficient (Wildman–Crippen LogP) is 4.83. The van der Waals surface area contributed by atoms with Gasteiger partial charge < -0.3 is 9.64 Å². The molecule has 0 N–H and O–H groups in total. The van der Waals surface area contributed by atoms with Crippen molar-refractivity contribution < 1.29 is 13.9 Å². The molecule has 0 radical (unpaired) electrons. The summed E-state index contributed by atoms with van der Waals surface area (Å²) < 4.78 is 20.7. The summed E-state index contributed by atoms with van der Waals surface area (Å²) in [4.78, 5) is 16.2. The average molecular weight is 555 g/mol. The highest BCUT2D eigenvalue weighted by Gasteiger charge is 2.28. The third-order valence-corrected chi connectivity index (χ3v) is 7.56. The molecule has 198 valence electrons. The molecule has 9 heteroatoms. The standard InChI is InChI=1S/C29H29Cl2FN4O2/c30-24-7-3-21(4-8-24)2-5-22-18-23(6-9-26(22)31)29-25-20-35(28(37)19-32)13-10-27(25)36(33-29)12-1-11-34-14-16-38-17-15-34/h3-4,6-9,18H,1,10-17,19-20H2. The van der Waals surface area contributed by atoms with Crippen molar-refractivity contribution in [1.82, 2.24) is 19.6 Å². The van der Waals surface area contributed by atoms with E-state index in [-0.39, 0.29) is 0 Å². The van der Waals surface area contributed by atoms with Gasteiger partial charge in [-0.2, -0.15) is 5.10 Å². The summed E-state index contributed by atoms with van der Waals surface area (Å²) in [5.74, 6) is 5.81. The van der Waals surface area contributed by atoms with Crippen molar-refractivity contribution in [2.75, 3.05) is 46.1 Å². The molecule has 38 heavy (non-hydrogen) atoms. The molecule has 2 aliphatic heterocycles. The van der Waals surface area contributed by atoms with Gasteiger partial charge in [0, 0.05) is 78.7 Å². The zero-order valence-corrected chi connectivity index (χ0v) is 22.6. The van der Waals surface area contributed by atoms with Crippen LogP contribution in [-0.2, 0) is 29.0 Å². The molecule has 5 rings (SSSR count). The van der Waals surface area contributed by atoms with Gasteiger partial charge in [-0.25, -0.2) is 4.39 Å². The highest BCUT2D eigenvalue weighted by atomic mass is 35.5. The SMILES string of the molecule is O=C(CF)N1CCc2c(c(-c3ccc(Cl)c(C#Cc4ccc(Cl)cc4)c3)nn2CCCN2CCOCC2)C1. The van der Waals surface area contributed by atoms with E-state index in [4.69, 9.17) is 33.0 Å². The Labute approximate surface area is 232 Å². The van der Waals surface area contributed by atoms with Gasteiger partial charge in [0.15, 0.2) is 6.67 Å². The van der Waals surface area contributed by atoms with Crippen LogP contribution in [0.2, 0.25) is 10.0 Å². The van der Waals surface area contributed by atoms with E-state index < -0.39 is 12.6 Å². The molecular weight excluding hydrogens is 526 g/mol. The third-order valence-electron chi connectivity index (χ3n) is 6.97. The molecule has 2 aromatic carbocycles. The number of aromatic nitrogens is 2. The van der Waals surface area contributed by atoms with Crippen molar-refractivity contribution in [2.45, 2.75) is 25.9 Å². The van der Waals surface area contributed by atoms with Crippen LogP contribution in [0.4, 0.5) is 4.39 Å². The number of morpholine rings is 1. The fraction of sp³-hybridized carbons (Fsp3) is 0.379. The first-order chi connectivity index (χ1) is 18.5. The summed E-state index contributed by atoms with van der Waals surface area (Å²) in [7, 11) is 0. The first-order valence-corrected chi connectivity index (χ1v) is 13.6. The van der Waals surface area contributed by atoms with Gasteiger partial charge in [-0.3, -0.25) is 14.4 Å². The van der Waals surface area contributed by atoms with Crippen LogP contribution >= 0.6 is 23.2 Å². The van der Waals surface area contributed by atoms with E-state index in [0.717, 1.165) is 73.9 Å². The number of aryl methyl sites for hydroxylation is 1. The zero-order chi connectivity index (χ0) is 26.5. The monoisotopic (exact) mass is 554 g/mol. The molecule has 0 atom stereocenters. The van der Waals surface area contributed by atoms with E-state index in [1.165, 1.54) is 0 Å². The molecule has 0 bridgehead atoms. The Bertz CT molecular complexity index is 1360. The molecule has 3 aromatic rings. The lowest BCUT2D eigenvalue weighted by atomic mass is 9.99. The lowest BCUT2D eigenvalue weighted by Crippen LogP contribution is -2.38. The Morgan fingerprint density at radius 3 is 2.58 bits per heavy atom. The van der Waals surface area contributed by atoms with Gasteiger partial charge in [0.25, 0.3) is 5.91 Å². The van der Waals surface area contributed by atoms with Crippen LogP contribution in [0.3, 0.4) is 0 Å². The van der Waals surface area contributed by atoms with Crippen LogP contribution in [-0.4, -0.2) is 71.6 Å². The van der Waals surface area contributed by atoms with Crippen molar-refractivity contribution >= 4 is 29.1 Å². The third kappa shape index (κ3) is 6.22. The number of hydrogen-bond donors (Lipinski definition) is 0. The molecule has 1 amide bonds. The van der Waals surface area contributed by atoms with Crippen molar-refractivity contribution in [2.24, 2.45) is 0 Å². The van der Waals surface area contributed by atoms with E-state index in [0.29, 0.717) is 35.1 Å². The van der Waals surface area contributed by atoms with Gasteiger partial charge in [-0.15, -0.1) is 0 Å². The number of amides is 1. The van der Waals surface area contributed by atoms with Gasteiger partial charge in [-0.05, 0) is 42.8 Å². The number of hydrogen-bond acceptors (Lipinski definition) is 4. The second-order valence-corrected chi connectivity index (χ2v) is 10.3. The molecule has 1 aromatic heterocycles. The largest absolute Gasteiger partial charge is 0.379 e. The van der Waals surface area contributed by atoms with Crippen LogP contribution < -0.4 is 0 Å². The Morgan fingerprint density at radius 1 is 1.03 bits per heavy atom. The second-order valence-electron chi connectivity index (χ2n) is 9.46. The minimum Gasteiger partial charge on any atom is -0.379 e. The Morgan fingerprint density at radius 2 is 1.82 bits per heavy atom. The minimum atomic E-state index is -0.996.